The minimum Gasteiger partial charge on any atom is -0.318 e. The van der Waals surface area contributed by atoms with Crippen LogP contribution >= 0.6 is 0 Å². The van der Waals surface area contributed by atoms with Crippen molar-refractivity contribution >= 4 is 0 Å². The molecule has 0 saturated heterocycles. The normalized spacial score (nSPS) is 9.08. The van der Waals surface area contributed by atoms with Crippen LogP contribution in [0.4, 0.5) is 0 Å². The standard InChI is InChI=1S/C9H13NO.C2H6/c1-6-5-10(4)9(11)8(3)7(6)2;1-2/h5H,1-4H3;1-2H3. The molecular formula is C11H19NO. The van der Waals surface area contributed by atoms with E-state index in [0.717, 1.165) is 11.1 Å². The largest absolute Gasteiger partial charge is 0.318 e. The fraction of sp³-hybridized carbons (Fsp3) is 0.545. The number of hydrogen-bond donors (Lipinski definition) is 0. The molecule has 2 nitrogen and oxygen atoms in total. The molecule has 1 rings (SSSR count). The van der Waals surface area contributed by atoms with Gasteiger partial charge in [0.2, 0.25) is 0 Å². The maximum Gasteiger partial charge on any atom is 0.253 e. The molecule has 0 bridgehead atoms. The molecule has 2 heteroatoms. The molecule has 0 unspecified atom stereocenters. The van der Waals surface area contributed by atoms with Gasteiger partial charge < -0.3 is 4.57 Å². The Hall–Kier alpha value is -1.05. The molecule has 0 aromatic carbocycles. The van der Waals surface area contributed by atoms with Crippen LogP contribution in [0.2, 0.25) is 0 Å². The Balaban J connectivity index is 0.000000671. The third-order valence-electron chi connectivity index (χ3n) is 2.18. The lowest BCUT2D eigenvalue weighted by molar-refractivity contribution is 0.833. The van der Waals surface area contributed by atoms with Crippen molar-refractivity contribution in [2.45, 2.75) is 34.6 Å². The smallest absolute Gasteiger partial charge is 0.253 e. The zero-order valence-electron chi connectivity index (χ0n) is 9.43. The average Bonchev–Trinajstić information content (AvgIpc) is 2.15. The van der Waals surface area contributed by atoms with Gasteiger partial charge in [-0.05, 0) is 31.9 Å². The van der Waals surface area contributed by atoms with Crippen molar-refractivity contribution in [3.05, 3.63) is 33.2 Å². The monoisotopic (exact) mass is 181 g/mol. The van der Waals surface area contributed by atoms with Gasteiger partial charge in [0.15, 0.2) is 0 Å². The molecule has 0 N–H and O–H groups in total. The van der Waals surface area contributed by atoms with Crippen molar-refractivity contribution in [2.75, 3.05) is 0 Å². The summed E-state index contributed by atoms with van der Waals surface area (Å²) in [7, 11) is 1.78. The van der Waals surface area contributed by atoms with E-state index in [9.17, 15) is 4.79 Å². The van der Waals surface area contributed by atoms with E-state index < -0.39 is 0 Å². The fourth-order valence-corrected chi connectivity index (χ4v) is 1.17. The first-order chi connectivity index (χ1) is 6.04. The van der Waals surface area contributed by atoms with Crippen LogP contribution in [0, 0.1) is 20.8 Å². The zero-order chi connectivity index (χ0) is 10.6. The molecule has 0 spiro atoms. The highest BCUT2D eigenvalue weighted by molar-refractivity contribution is 5.28. The maximum absolute atomic E-state index is 11.3. The quantitative estimate of drug-likeness (QED) is 0.602. The molecule has 1 aromatic rings. The number of aryl methyl sites for hydroxylation is 2. The second kappa shape index (κ2) is 4.85. The Morgan fingerprint density at radius 3 is 2.00 bits per heavy atom. The summed E-state index contributed by atoms with van der Waals surface area (Å²) in [5.74, 6) is 0. The molecule has 1 heterocycles. The summed E-state index contributed by atoms with van der Waals surface area (Å²) in [6, 6.07) is 0. The summed E-state index contributed by atoms with van der Waals surface area (Å²) in [6.07, 6.45) is 1.87. The first-order valence-corrected chi connectivity index (χ1v) is 4.67. The molecule has 0 radical (unpaired) electrons. The van der Waals surface area contributed by atoms with Crippen LogP contribution in [0.5, 0.6) is 0 Å². The Morgan fingerprint density at radius 1 is 1.08 bits per heavy atom. The molecule has 0 aliphatic heterocycles. The van der Waals surface area contributed by atoms with Gasteiger partial charge in [0, 0.05) is 18.8 Å². The Morgan fingerprint density at radius 2 is 1.54 bits per heavy atom. The topological polar surface area (TPSA) is 22.0 Å². The number of pyridine rings is 1. The second-order valence-corrected chi connectivity index (χ2v) is 2.98. The van der Waals surface area contributed by atoms with Crippen molar-refractivity contribution in [1.82, 2.24) is 4.57 Å². The van der Waals surface area contributed by atoms with E-state index in [1.54, 1.807) is 11.6 Å². The van der Waals surface area contributed by atoms with Crippen molar-refractivity contribution < 1.29 is 0 Å². The van der Waals surface area contributed by atoms with Gasteiger partial charge in [0.05, 0.1) is 0 Å². The molecule has 74 valence electrons. The zero-order valence-corrected chi connectivity index (χ0v) is 9.43. The van der Waals surface area contributed by atoms with Crippen LogP contribution in [0.25, 0.3) is 0 Å². The number of hydrogen-bond acceptors (Lipinski definition) is 1. The Bertz CT molecular complexity index is 337. The summed E-state index contributed by atoms with van der Waals surface area (Å²) in [4.78, 5) is 11.3. The third-order valence-corrected chi connectivity index (χ3v) is 2.18. The van der Waals surface area contributed by atoms with Crippen LogP contribution in [0.3, 0.4) is 0 Å². The Labute approximate surface area is 80.2 Å². The number of rotatable bonds is 0. The van der Waals surface area contributed by atoms with Crippen molar-refractivity contribution in [2.24, 2.45) is 7.05 Å². The number of nitrogens with zero attached hydrogens (tertiary/aromatic N) is 1. The molecular weight excluding hydrogens is 162 g/mol. The first-order valence-electron chi connectivity index (χ1n) is 4.67. The minimum atomic E-state index is 0.105. The molecule has 0 aliphatic carbocycles. The van der Waals surface area contributed by atoms with Crippen LogP contribution in [0.1, 0.15) is 30.5 Å². The van der Waals surface area contributed by atoms with E-state index in [-0.39, 0.29) is 5.56 Å². The van der Waals surface area contributed by atoms with Gasteiger partial charge in [-0.2, -0.15) is 0 Å². The molecule has 0 aliphatic rings. The molecule has 0 fully saturated rings. The van der Waals surface area contributed by atoms with Crippen LogP contribution in [-0.2, 0) is 7.05 Å². The van der Waals surface area contributed by atoms with E-state index in [1.165, 1.54) is 5.56 Å². The summed E-state index contributed by atoms with van der Waals surface area (Å²) < 4.78 is 1.62. The molecule has 0 saturated carbocycles. The molecule has 0 amide bonds. The van der Waals surface area contributed by atoms with Gasteiger partial charge in [-0.15, -0.1) is 0 Å². The Kier molecular flexibility index (Phi) is 4.46. The van der Waals surface area contributed by atoms with Gasteiger partial charge in [-0.1, -0.05) is 13.8 Å². The van der Waals surface area contributed by atoms with E-state index >= 15 is 0 Å². The lowest BCUT2D eigenvalue weighted by Crippen LogP contribution is -2.20. The summed E-state index contributed by atoms with van der Waals surface area (Å²) in [5.41, 5.74) is 3.23. The molecule has 0 atom stereocenters. The van der Waals surface area contributed by atoms with Crippen LogP contribution in [-0.4, -0.2) is 4.57 Å². The van der Waals surface area contributed by atoms with Gasteiger partial charge in [-0.25, -0.2) is 0 Å². The van der Waals surface area contributed by atoms with Crippen molar-refractivity contribution in [3.8, 4) is 0 Å². The third kappa shape index (κ3) is 2.44. The molecule has 13 heavy (non-hydrogen) atoms. The van der Waals surface area contributed by atoms with Crippen molar-refractivity contribution in [1.29, 1.82) is 0 Å². The van der Waals surface area contributed by atoms with E-state index in [0.29, 0.717) is 0 Å². The summed E-state index contributed by atoms with van der Waals surface area (Å²) in [6.45, 7) is 9.86. The van der Waals surface area contributed by atoms with Crippen LogP contribution < -0.4 is 5.56 Å². The SMILES string of the molecule is CC.Cc1cn(C)c(=O)c(C)c1C. The maximum atomic E-state index is 11.3. The van der Waals surface area contributed by atoms with E-state index in [1.807, 2.05) is 40.8 Å². The predicted molar refractivity (Wildman–Crippen MR) is 57.2 cm³/mol. The highest BCUT2D eigenvalue weighted by atomic mass is 16.1. The predicted octanol–water partition coefficient (Wildman–Crippen LogP) is 2.34. The van der Waals surface area contributed by atoms with Crippen molar-refractivity contribution in [3.63, 3.8) is 0 Å². The first kappa shape index (κ1) is 11.9. The lowest BCUT2D eigenvalue weighted by Gasteiger charge is -2.05. The lowest BCUT2D eigenvalue weighted by atomic mass is 10.1. The van der Waals surface area contributed by atoms with Crippen LogP contribution in [0.15, 0.2) is 11.0 Å². The van der Waals surface area contributed by atoms with Gasteiger partial charge in [0.25, 0.3) is 5.56 Å². The fourth-order valence-electron chi connectivity index (χ4n) is 1.17. The average molecular weight is 181 g/mol. The van der Waals surface area contributed by atoms with E-state index in [2.05, 4.69) is 0 Å². The second-order valence-electron chi connectivity index (χ2n) is 2.98. The van der Waals surface area contributed by atoms with Gasteiger partial charge in [-0.3, -0.25) is 4.79 Å². The van der Waals surface area contributed by atoms with Gasteiger partial charge in [0.1, 0.15) is 0 Å². The van der Waals surface area contributed by atoms with E-state index in [4.69, 9.17) is 0 Å². The van der Waals surface area contributed by atoms with Gasteiger partial charge >= 0.3 is 0 Å². The highest BCUT2D eigenvalue weighted by Gasteiger charge is 2.02. The number of aromatic nitrogens is 1. The molecule has 1 aromatic heterocycles. The minimum absolute atomic E-state index is 0.105. The summed E-state index contributed by atoms with van der Waals surface area (Å²) >= 11 is 0. The summed E-state index contributed by atoms with van der Waals surface area (Å²) in [5, 5.41) is 0. The highest BCUT2D eigenvalue weighted by Crippen LogP contribution is 2.05.